The molecule has 2 N–H and O–H groups in total. The van der Waals surface area contributed by atoms with E-state index in [-0.39, 0.29) is 12.6 Å². The van der Waals surface area contributed by atoms with Gasteiger partial charge in [0.2, 0.25) is 0 Å². The number of aryl methyl sites for hydroxylation is 1. The SMILES string of the molecule is COc1ccccc1NC(=O)C(=O)NC[C@H](OC)c1ccccc1C. The molecule has 0 aliphatic heterocycles. The molecule has 0 spiro atoms. The van der Waals surface area contributed by atoms with Crippen LogP contribution in [-0.4, -0.2) is 32.6 Å². The van der Waals surface area contributed by atoms with Crippen LogP contribution in [0.25, 0.3) is 0 Å². The summed E-state index contributed by atoms with van der Waals surface area (Å²) in [6, 6.07) is 14.6. The summed E-state index contributed by atoms with van der Waals surface area (Å²) in [5.41, 5.74) is 2.46. The molecule has 0 aliphatic rings. The number of carbonyl (C=O) groups excluding carboxylic acids is 2. The van der Waals surface area contributed by atoms with Crippen molar-refractivity contribution in [2.24, 2.45) is 0 Å². The van der Waals surface area contributed by atoms with Crippen LogP contribution in [-0.2, 0) is 14.3 Å². The maximum atomic E-state index is 12.1. The Morgan fingerprint density at radius 1 is 1.00 bits per heavy atom. The van der Waals surface area contributed by atoms with Gasteiger partial charge in [-0.25, -0.2) is 0 Å². The number of nitrogens with one attached hydrogen (secondary N) is 2. The fourth-order valence-electron chi connectivity index (χ4n) is 2.46. The van der Waals surface area contributed by atoms with Gasteiger partial charge in [-0.15, -0.1) is 0 Å². The van der Waals surface area contributed by atoms with Gasteiger partial charge < -0.3 is 20.1 Å². The molecule has 2 amide bonds. The van der Waals surface area contributed by atoms with Crippen molar-refractivity contribution in [1.29, 1.82) is 0 Å². The first-order valence-corrected chi connectivity index (χ1v) is 7.87. The zero-order valence-electron chi connectivity index (χ0n) is 14.5. The van der Waals surface area contributed by atoms with Crippen molar-refractivity contribution in [1.82, 2.24) is 5.32 Å². The monoisotopic (exact) mass is 342 g/mol. The molecule has 0 bridgehead atoms. The van der Waals surface area contributed by atoms with Crippen LogP contribution in [0.4, 0.5) is 5.69 Å². The Morgan fingerprint density at radius 3 is 2.36 bits per heavy atom. The number of rotatable bonds is 6. The van der Waals surface area contributed by atoms with Gasteiger partial charge in [-0.05, 0) is 30.2 Å². The lowest BCUT2D eigenvalue weighted by atomic mass is 10.0. The van der Waals surface area contributed by atoms with Crippen molar-refractivity contribution in [3.8, 4) is 5.75 Å². The Hall–Kier alpha value is -2.86. The van der Waals surface area contributed by atoms with Gasteiger partial charge in [-0.1, -0.05) is 36.4 Å². The maximum absolute atomic E-state index is 12.1. The van der Waals surface area contributed by atoms with Crippen LogP contribution in [0.5, 0.6) is 5.75 Å². The molecule has 2 rings (SSSR count). The van der Waals surface area contributed by atoms with Gasteiger partial charge in [0, 0.05) is 13.7 Å². The first-order chi connectivity index (χ1) is 12.1. The van der Waals surface area contributed by atoms with Gasteiger partial charge in [-0.3, -0.25) is 9.59 Å². The number of ether oxygens (including phenoxy) is 2. The van der Waals surface area contributed by atoms with Gasteiger partial charge in [0.1, 0.15) is 5.75 Å². The summed E-state index contributed by atoms with van der Waals surface area (Å²) in [5, 5.41) is 5.14. The van der Waals surface area contributed by atoms with E-state index in [0.717, 1.165) is 11.1 Å². The first kappa shape index (κ1) is 18.5. The average molecular weight is 342 g/mol. The lowest BCUT2D eigenvalue weighted by Crippen LogP contribution is -2.38. The minimum absolute atomic E-state index is 0.194. The highest BCUT2D eigenvalue weighted by molar-refractivity contribution is 6.39. The van der Waals surface area contributed by atoms with E-state index in [9.17, 15) is 9.59 Å². The minimum atomic E-state index is -0.760. The molecule has 0 fully saturated rings. The third kappa shape index (κ3) is 4.81. The molecule has 0 aromatic heterocycles. The molecule has 2 aromatic carbocycles. The zero-order chi connectivity index (χ0) is 18.2. The average Bonchev–Trinajstić information content (AvgIpc) is 2.63. The summed E-state index contributed by atoms with van der Waals surface area (Å²) in [6.45, 7) is 2.16. The van der Waals surface area contributed by atoms with E-state index >= 15 is 0 Å². The summed E-state index contributed by atoms with van der Waals surface area (Å²) in [5.74, 6) is -1.01. The number of carbonyl (C=O) groups is 2. The molecule has 0 heterocycles. The number of hydrogen-bond acceptors (Lipinski definition) is 4. The molecule has 0 saturated heterocycles. The highest BCUT2D eigenvalue weighted by Crippen LogP contribution is 2.23. The minimum Gasteiger partial charge on any atom is -0.495 e. The van der Waals surface area contributed by atoms with Crippen LogP contribution >= 0.6 is 0 Å². The van der Waals surface area contributed by atoms with Crippen LogP contribution in [0.2, 0.25) is 0 Å². The van der Waals surface area contributed by atoms with Gasteiger partial charge in [0.25, 0.3) is 0 Å². The van der Waals surface area contributed by atoms with Gasteiger partial charge in [0.15, 0.2) is 0 Å². The van der Waals surface area contributed by atoms with Crippen LogP contribution in [0.15, 0.2) is 48.5 Å². The number of hydrogen-bond donors (Lipinski definition) is 2. The number of methoxy groups -OCH3 is 2. The summed E-state index contributed by atoms with van der Waals surface area (Å²) in [4.78, 5) is 24.1. The van der Waals surface area contributed by atoms with E-state index in [1.54, 1.807) is 31.4 Å². The molecule has 2 aromatic rings. The Balaban J connectivity index is 1.97. The van der Waals surface area contributed by atoms with Crippen LogP contribution < -0.4 is 15.4 Å². The van der Waals surface area contributed by atoms with Crippen LogP contribution in [0.3, 0.4) is 0 Å². The van der Waals surface area contributed by atoms with E-state index in [0.29, 0.717) is 11.4 Å². The lowest BCUT2D eigenvalue weighted by molar-refractivity contribution is -0.136. The van der Waals surface area contributed by atoms with Crippen molar-refractivity contribution in [2.75, 3.05) is 26.1 Å². The molecule has 0 radical (unpaired) electrons. The third-order valence-corrected chi connectivity index (χ3v) is 3.83. The Bertz CT molecular complexity index is 746. The van der Waals surface area contributed by atoms with E-state index in [1.807, 2.05) is 31.2 Å². The van der Waals surface area contributed by atoms with Gasteiger partial charge >= 0.3 is 11.8 Å². The van der Waals surface area contributed by atoms with E-state index in [2.05, 4.69) is 10.6 Å². The molecular formula is C19H22N2O4. The molecule has 6 heteroatoms. The molecule has 0 unspecified atom stereocenters. The van der Waals surface area contributed by atoms with Crippen molar-refractivity contribution in [3.05, 3.63) is 59.7 Å². The normalized spacial score (nSPS) is 11.5. The second-order valence-corrected chi connectivity index (χ2v) is 5.45. The number of para-hydroxylation sites is 2. The van der Waals surface area contributed by atoms with E-state index in [1.165, 1.54) is 7.11 Å². The molecule has 25 heavy (non-hydrogen) atoms. The summed E-state index contributed by atoms with van der Waals surface area (Å²) >= 11 is 0. The Morgan fingerprint density at radius 2 is 1.68 bits per heavy atom. The number of benzene rings is 2. The zero-order valence-corrected chi connectivity index (χ0v) is 14.5. The van der Waals surface area contributed by atoms with Crippen molar-refractivity contribution < 1.29 is 19.1 Å². The Kier molecular flexibility index (Phi) is 6.54. The predicted molar refractivity (Wildman–Crippen MR) is 95.6 cm³/mol. The second-order valence-electron chi connectivity index (χ2n) is 5.45. The van der Waals surface area contributed by atoms with E-state index in [4.69, 9.17) is 9.47 Å². The topological polar surface area (TPSA) is 76.7 Å². The predicted octanol–water partition coefficient (Wildman–Crippen LogP) is 2.45. The Labute approximate surface area is 147 Å². The van der Waals surface area contributed by atoms with Gasteiger partial charge in [-0.2, -0.15) is 0 Å². The fraction of sp³-hybridized carbons (Fsp3) is 0.263. The van der Waals surface area contributed by atoms with Crippen LogP contribution in [0, 0.1) is 6.92 Å². The summed E-state index contributed by atoms with van der Waals surface area (Å²) in [6.07, 6.45) is -0.329. The smallest absolute Gasteiger partial charge is 0.313 e. The van der Waals surface area contributed by atoms with Crippen molar-refractivity contribution in [2.45, 2.75) is 13.0 Å². The van der Waals surface area contributed by atoms with Crippen molar-refractivity contribution >= 4 is 17.5 Å². The van der Waals surface area contributed by atoms with Crippen LogP contribution in [0.1, 0.15) is 17.2 Å². The largest absolute Gasteiger partial charge is 0.495 e. The molecule has 0 saturated carbocycles. The highest BCUT2D eigenvalue weighted by atomic mass is 16.5. The summed E-state index contributed by atoms with van der Waals surface area (Å²) in [7, 11) is 3.06. The number of anilines is 1. The molecule has 1 atom stereocenters. The first-order valence-electron chi connectivity index (χ1n) is 7.87. The lowest BCUT2D eigenvalue weighted by Gasteiger charge is -2.18. The molecule has 0 aliphatic carbocycles. The third-order valence-electron chi connectivity index (χ3n) is 3.83. The summed E-state index contributed by atoms with van der Waals surface area (Å²) < 4.78 is 10.6. The fourth-order valence-corrected chi connectivity index (χ4v) is 2.46. The quantitative estimate of drug-likeness (QED) is 0.791. The van der Waals surface area contributed by atoms with Gasteiger partial charge in [0.05, 0.1) is 18.9 Å². The highest BCUT2D eigenvalue weighted by Gasteiger charge is 2.19. The van der Waals surface area contributed by atoms with Crippen molar-refractivity contribution in [3.63, 3.8) is 0 Å². The second kappa shape index (κ2) is 8.84. The molecular weight excluding hydrogens is 320 g/mol. The number of amides is 2. The maximum Gasteiger partial charge on any atom is 0.313 e. The molecule has 132 valence electrons. The molecule has 6 nitrogen and oxygen atoms in total. The van der Waals surface area contributed by atoms with E-state index < -0.39 is 11.8 Å². The standard InChI is InChI=1S/C19H22N2O4/c1-13-8-4-5-9-14(13)17(25-3)12-20-18(22)19(23)21-15-10-6-7-11-16(15)24-2/h4-11,17H,12H2,1-3H3,(H,20,22)(H,21,23)/t17-/m0/s1.